The van der Waals surface area contributed by atoms with Crippen molar-refractivity contribution in [3.05, 3.63) is 78.4 Å². The highest BCUT2D eigenvalue weighted by atomic mass is 16.6. The van der Waals surface area contributed by atoms with Crippen LogP contribution in [0, 0.1) is 5.41 Å². The zero-order valence-corrected chi connectivity index (χ0v) is 14.3. The summed E-state index contributed by atoms with van der Waals surface area (Å²) in [5.41, 5.74) is -0.324. The van der Waals surface area contributed by atoms with E-state index in [2.05, 4.69) is 0 Å². The zero-order chi connectivity index (χ0) is 18.1. The first-order valence-electron chi connectivity index (χ1n) is 8.49. The number of benzene rings is 3. The zero-order valence-electron chi connectivity index (χ0n) is 14.3. The number of carbonyl (C=O) groups is 2. The number of hydrogen-bond acceptors (Lipinski definition) is 4. The van der Waals surface area contributed by atoms with Gasteiger partial charge in [-0.15, -0.1) is 0 Å². The molecule has 1 aliphatic rings. The summed E-state index contributed by atoms with van der Waals surface area (Å²) in [6, 6.07) is 22.8. The molecular formula is C22H18O4. The molecule has 26 heavy (non-hydrogen) atoms. The van der Waals surface area contributed by atoms with Crippen molar-refractivity contribution in [3.8, 4) is 5.75 Å². The van der Waals surface area contributed by atoms with Crippen molar-refractivity contribution in [2.75, 3.05) is 7.11 Å². The monoisotopic (exact) mass is 346 g/mol. The molecule has 1 fully saturated rings. The average Bonchev–Trinajstić information content (AvgIpc) is 3.45. The van der Waals surface area contributed by atoms with Gasteiger partial charge in [0.25, 0.3) is 0 Å². The standard InChI is InChI=1S/C22H18O4/c1-25-20(23)22(14-19(22)16-8-3-2-4-9-16)21(24)26-18-12-11-15-7-5-6-10-17(15)13-18/h2-13,19H,14H2,1H3/t19-,22+/m1/s1. The first kappa shape index (κ1) is 16.3. The molecule has 3 aromatic carbocycles. The predicted molar refractivity (Wildman–Crippen MR) is 97.8 cm³/mol. The van der Waals surface area contributed by atoms with E-state index in [-0.39, 0.29) is 5.92 Å². The number of carbonyl (C=O) groups excluding carboxylic acids is 2. The first-order valence-corrected chi connectivity index (χ1v) is 8.49. The summed E-state index contributed by atoms with van der Waals surface area (Å²) in [5.74, 6) is -0.898. The van der Waals surface area contributed by atoms with Crippen LogP contribution in [0.1, 0.15) is 17.9 Å². The molecule has 0 radical (unpaired) electrons. The number of hydrogen-bond donors (Lipinski definition) is 0. The van der Waals surface area contributed by atoms with Gasteiger partial charge in [-0.2, -0.15) is 0 Å². The third kappa shape index (κ3) is 2.64. The maximum atomic E-state index is 12.9. The Bertz CT molecular complexity index is 980. The molecule has 0 aliphatic heterocycles. The predicted octanol–water partition coefficient (Wildman–Crippen LogP) is 4.09. The summed E-state index contributed by atoms with van der Waals surface area (Å²) in [5, 5.41) is 2.03. The highest BCUT2D eigenvalue weighted by Crippen LogP contribution is 2.60. The molecule has 0 spiro atoms. The van der Waals surface area contributed by atoms with E-state index < -0.39 is 17.4 Å². The van der Waals surface area contributed by atoms with Crippen LogP contribution >= 0.6 is 0 Å². The van der Waals surface area contributed by atoms with Crippen LogP contribution < -0.4 is 4.74 Å². The third-order valence-electron chi connectivity index (χ3n) is 5.01. The summed E-state index contributed by atoms with van der Waals surface area (Å²) < 4.78 is 10.5. The molecule has 2 atom stereocenters. The molecule has 4 heteroatoms. The molecule has 0 aromatic heterocycles. The number of rotatable bonds is 4. The Morgan fingerprint density at radius 1 is 0.885 bits per heavy atom. The van der Waals surface area contributed by atoms with Gasteiger partial charge in [-0.3, -0.25) is 9.59 Å². The van der Waals surface area contributed by atoms with E-state index in [1.165, 1.54) is 7.11 Å². The molecule has 1 saturated carbocycles. The van der Waals surface area contributed by atoms with Crippen molar-refractivity contribution in [3.63, 3.8) is 0 Å². The maximum Gasteiger partial charge on any atom is 0.329 e. The molecule has 4 rings (SSSR count). The minimum Gasteiger partial charge on any atom is -0.468 e. The molecule has 0 amide bonds. The summed E-state index contributed by atoms with van der Waals surface area (Å²) >= 11 is 0. The Hall–Kier alpha value is -3.14. The van der Waals surface area contributed by atoms with Gasteiger partial charge in [0.1, 0.15) is 5.75 Å². The van der Waals surface area contributed by atoms with Gasteiger partial charge in [0.2, 0.25) is 0 Å². The molecular weight excluding hydrogens is 328 g/mol. The number of esters is 2. The maximum absolute atomic E-state index is 12.9. The normalized spacial score (nSPS) is 21.2. The molecule has 0 heterocycles. The second-order valence-electron chi connectivity index (χ2n) is 6.53. The van der Waals surface area contributed by atoms with Crippen molar-refractivity contribution in [1.29, 1.82) is 0 Å². The van der Waals surface area contributed by atoms with Crippen LogP contribution in [0.2, 0.25) is 0 Å². The second-order valence-corrected chi connectivity index (χ2v) is 6.53. The highest BCUT2D eigenvalue weighted by molar-refractivity contribution is 6.06. The lowest BCUT2D eigenvalue weighted by Gasteiger charge is -2.14. The van der Waals surface area contributed by atoms with Gasteiger partial charge < -0.3 is 9.47 Å². The fourth-order valence-corrected chi connectivity index (χ4v) is 3.50. The van der Waals surface area contributed by atoms with Gasteiger partial charge >= 0.3 is 11.9 Å². The molecule has 3 aromatic rings. The van der Waals surface area contributed by atoms with E-state index in [0.29, 0.717) is 12.2 Å². The van der Waals surface area contributed by atoms with E-state index in [9.17, 15) is 9.59 Å². The van der Waals surface area contributed by atoms with Gasteiger partial charge in [0, 0.05) is 5.92 Å². The molecule has 0 bridgehead atoms. The van der Waals surface area contributed by atoms with Crippen molar-refractivity contribution >= 4 is 22.7 Å². The Balaban J connectivity index is 1.62. The van der Waals surface area contributed by atoms with Crippen molar-refractivity contribution < 1.29 is 19.1 Å². The largest absolute Gasteiger partial charge is 0.468 e. The van der Waals surface area contributed by atoms with Crippen LogP contribution in [0.3, 0.4) is 0 Å². The lowest BCUT2D eigenvalue weighted by atomic mass is 9.99. The highest BCUT2D eigenvalue weighted by Gasteiger charge is 2.68. The minimum atomic E-state index is -1.26. The van der Waals surface area contributed by atoms with E-state index in [0.717, 1.165) is 16.3 Å². The van der Waals surface area contributed by atoms with Crippen molar-refractivity contribution in [2.45, 2.75) is 12.3 Å². The average molecular weight is 346 g/mol. The van der Waals surface area contributed by atoms with Gasteiger partial charge in [-0.05, 0) is 34.9 Å². The molecule has 0 saturated heterocycles. The fraction of sp³-hybridized carbons (Fsp3) is 0.182. The van der Waals surface area contributed by atoms with Crippen LogP contribution in [0.25, 0.3) is 10.8 Å². The second kappa shape index (κ2) is 6.30. The SMILES string of the molecule is COC(=O)[C@]1(C(=O)Oc2ccc3ccccc3c2)C[C@@H]1c1ccccc1. The first-order chi connectivity index (χ1) is 12.6. The summed E-state index contributed by atoms with van der Waals surface area (Å²) in [4.78, 5) is 25.3. The van der Waals surface area contributed by atoms with E-state index >= 15 is 0 Å². The van der Waals surface area contributed by atoms with Gasteiger partial charge in [0.05, 0.1) is 7.11 Å². The Morgan fingerprint density at radius 3 is 2.31 bits per heavy atom. The number of fused-ring (bicyclic) bond motifs is 1. The van der Waals surface area contributed by atoms with Gasteiger partial charge in [-0.25, -0.2) is 0 Å². The summed E-state index contributed by atoms with van der Waals surface area (Å²) in [6.07, 6.45) is 0.399. The Morgan fingerprint density at radius 2 is 1.58 bits per heavy atom. The fourth-order valence-electron chi connectivity index (χ4n) is 3.50. The number of ether oxygens (including phenoxy) is 2. The lowest BCUT2D eigenvalue weighted by Crippen LogP contribution is -2.32. The third-order valence-corrected chi connectivity index (χ3v) is 5.01. The molecule has 0 unspecified atom stereocenters. The van der Waals surface area contributed by atoms with E-state index in [1.54, 1.807) is 12.1 Å². The molecule has 1 aliphatic carbocycles. The van der Waals surface area contributed by atoms with Crippen LogP contribution in [-0.2, 0) is 14.3 Å². The lowest BCUT2D eigenvalue weighted by molar-refractivity contribution is -0.158. The van der Waals surface area contributed by atoms with Gasteiger partial charge in [0.15, 0.2) is 5.41 Å². The molecule has 4 nitrogen and oxygen atoms in total. The smallest absolute Gasteiger partial charge is 0.329 e. The summed E-state index contributed by atoms with van der Waals surface area (Å²) in [6.45, 7) is 0. The topological polar surface area (TPSA) is 52.6 Å². The molecule has 130 valence electrons. The Labute approximate surface area is 151 Å². The van der Waals surface area contributed by atoms with Crippen LogP contribution in [-0.4, -0.2) is 19.0 Å². The van der Waals surface area contributed by atoms with Crippen LogP contribution in [0.5, 0.6) is 5.75 Å². The van der Waals surface area contributed by atoms with Gasteiger partial charge in [-0.1, -0.05) is 60.7 Å². The van der Waals surface area contributed by atoms with Crippen molar-refractivity contribution in [2.24, 2.45) is 5.41 Å². The van der Waals surface area contributed by atoms with Crippen molar-refractivity contribution in [1.82, 2.24) is 0 Å². The number of methoxy groups -OCH3 is 1. The van der Waals surface area contributed by atoms with E-state index in [1.807, 2.05) is 60.7 Å². The van der Waals surface area contributed by atoms with Crippen LogP contribution in [0.15, 0.2) is 72.8 Å². The Kier molecular flexibility index (Phi) is 3.96. The van der Waals surface area contributed by atoms with E-state index in [4.69, 9.17) is 9.47 Å². The van der Waals surface area contributed by atoms with Crippen LogP contribution in [0.4, 0.5) is 0 Å². The quantitative estimate of drug-likeness (QED) is 0.406. The summed E-state index contributed by atoms with van der Waals surface area (Å²) in [7, 11) is 1.30. The minimum absolute atomic E-state index is 0.218. The molecule has 0 N–H and O–H groups in total.